The second-order valence-electron chi connectivity index (χ2n) is 4.64. The fraction of sp³-hybridized carbons (Fsp3) is 0.636. The molecule has 1 saturated heterocycles. The lowest BCUT2D eigenvalue weighted by Gasteiger charge is -2.31. The highest BCUT2D eigenvalue weighted by atomic mass is 32.2. The molecule has 1 aliphatic heterocycles. The first kappa shape index (κ1) is 14.3. The van der Waals surface area contributed by atoms with Gasteiger partial charge in [0, 0.05) is 19.3 Å². The quantitative estimate of drug-likeness (QED) is 0.758. The van der Waals surface area contributed by atoms with Gasteiger partial charge in [-0.2, -0.15) is 27.6 Å². The Hall–Kier alpha value is -1.09. The van der Waals surface area contributed by atoms with Crippen molar-refractivity contribution in [3.05, 3.63) is 24.0 Å². The molecular weight excluding hydrogens is 266 g/mol. The zero-order valence-corrected chi connectivity index (χ0v) is 11.5. The van der Waals surface area contributed by atoms with Crippen LogP contribution in [0.2, 0.25) is 0 Å². The summed E-state index contributed by atoms with van der Waals surface area (Å²) in [6.45, 7) is 1.72. The van der Waals surface area contributed by atoms with E-state index in [2.05, 4.69) is 14.9 Å². The van der Waals surface area contributed by atoms with Crippen molar-refractivity contribution in [2.75, 3.05) is 19.6 Å². The van der Waals surface area contributed by atoms with Gasteiger partial charge in [0.1, 0.15) is 0 Å². The molecule has 0 saturated carbocycles. The molecule has 0 bridgehead atoms. The summed E-state index contributed by atoms with van der Waals surface area (Å²) in [6.07, 6.45) is 3.40. The predicted octanol–water partition coefficient (Wildman–Crippen LogP) is -0.518. The Bertz CT molecular complexity index is 493. The summed E-state index contributed by atoms with van der Waals surface area (Å²) in [6, 6.07) is 3.45. The van der Waals surface area contributed by atoms with Gasteiger partial charge in [0.15, 0.2) is 0 Å². The van der Waals surface area contributed by atoms with Crippen molar-refractivity contribution in [3.8, 4) is 0 Å². The number of nitrogens with one attached hydrogen (secondary N) is 1. The molecule has 0 aliphatic carbocycles. The maximum Gasteiger partial charge on any atom is 0.279 e. The van der Waals surface area contributed by atoms with Crippen LogP contribution in [-0.2, 0) is 16.8 Å². The first-order valence-electron chi connectivity index (χ1n) is 6.33. The molecule has 3 N–H and O–H groups in total. The molecule has 1 aromatic heterocycles. The molecule has 0 amide bonds. The molecule has 0 spiro atoms. The van der Waals surface area contributed by atoms with Gasteiger partial charge in [0.05, 0.1) is 12.2 Å². The minimum absolute atomic E-state index is 0.153. The summed E-state index contributed by atoms with van der Waals surface area (Å²) in [5.41, 5.74) is 6.21. The second kappa shape index (κ2) is 6.38. The molecule has 1 aliphatic rings. The van der Waals surface area contributed by atoms with Gasteiger partial charge in [-0.15, -0.1) is 0 Å². The highest BCUT2D eigenvalue weighted by molar-refractivity contribution is 7.87. The molecule has 1 atom stereocenters. The summed E-state index contributed by atoms with van der Waals surface area (Å²) in [5, 5.41) is 7.55. The number of rotatable bonds is 5. The molecule has 1 unspecified atom stereocenters. The molecule has 8 heteroatoms. The van der Waals surface area contributed by atoms with E-state index in [1.165, 1.54) is 4.31 Å². The Labute approximate surface area is 113 Å². The van der Waals surface area contributed by atoms with E-state index in [1.807, 2.05) is 0 Å². The topological polar surface area (TPSA) is 101 Å². The van der Waals surface area contributed by atoms with Crippen LogP contribution in [0.5, 0.6) is 0 Å². The average Bonchev–Trinajstić information content (AvgIpc) is 2.46. The smallest absolute Gasteiger partial charge is 0.279 e. The van der Waals surface area contributed by atoms with Crippen LogP contribution in [-0.4, -0.2) is 42.6 Å². The summed E-state index contributed by atoms with van der Waals surface area (Å²) in [5.74, 6) is 0.252. The maximum atomic E-state index is 12.1. The zero-order valence-electron chi connectivity index (χ0n) is 10.7. The summed E-state index contributed by atoms with van der Waals surface area (Å²) < 4.78 is 28.3. The minimum Gasteiger partial charge on any atom is -0.330 e. The van der Waals surface area contributed by atoms with E-state index in [1.54, 1.807) is 18.3 Å². The molecular formula is C11H19N5O2S. The normalized spacial score (nSPS) is 21.4. The van der Waals surface area contributed by atoms with Gasteiger partial charge in [-0.05, 0) is 37.4 Å². The monoisotopic (exact) mass is 285 g/mol. The highest BCUT2D eigenvalue weighted by Gasteiger charge is 2.27. The zero-order chi connectivity index (χ0) is 13.7. The SMILES string of the molecule is NCC1CCCN(S(=O)(=O)NCc2cccnn2)C1. The van der Waals surface area contributed by atoms with Crippen LogP contribution in [0, 0.1) is 5.92 Å². The van der Waals surface area contributed by atoms with Gasteiger partial charge >= 0.3 is 0 Å². The van der Waals surface area contributed by atoms with Gasteiger partial charge in [0.2, 0.25) is 0 Å². The lowest BCUT2D eigenvalue weighted by Crippen LogP contribution is -2.47. The van der Waals surface area contributed by atoms with E-state index in [9.17, 15) is 8.42 Å². The molecule has 0 aromatic carbocycles. The summed E-state index contributed by atoms with van der Waals surface area (Å²) in [7, 11) is -3.46. The maximum absolute atomic E-state index is 12.1. The Morgan fingerprint density at radius 2 is 2.37 bits per heavy atom. The first-order valence-corrected chi connectivity index (χ1v) is 7.77. The Morgan fingerprint density at radius 3 is 3.05 bits per heavy atom. The van der Waals surface area contributed by atoms with E-state index in [-0.39, 0.29) is 12.5 Å². The van der Waals surface area contributed by atoms with Gasteiger partial charge in [-0.1, -0.05) is 0 Å². The number of aromatic nitrogens is 2. The van der Waals surface area contributed by atoms with Crippen molar-refractivity contribution in [3.63, 3.8) is 0 Å². The lowest BCUT2D eigenvalue weighted by molar-refractivity contribution is 0.268. The predicted molar refractivity (Wildman–Crippen MR) is 71.1 cm³/mol. The van der Waals surface area contributed by atoms with Crippen molar-refractivity contribution in [1.29, 1.82) is 0 Å². The van der Waals surface area contributed by atoms with Crippen LogP contribution in [0.15, 0.2) is 18.3 Å². The van der Waals surface area contributed by atoms with Crippen LogP contribution >= 0.6 is 0 Å². The second-order valence-corrected chi connectivity index (χ2v) is 6.40. The van der Waals surface area contributed by atoms with Crippen LogP contribution in [0.1, 0.15) is 18.5 Å². The number of piperidine rings is 1. The Kier molecular flexibility index (Phi) is 4.81. The van der Waals surface area contributed by atoms with Gasteiger partial charge in [-0.25, -0.2) is 0 Å². The van der Waals surface area contributed by atoms with Crippen molar-refractivity contribution in [1.82, 2.24) is 19.2 Å². The van der Waals surface area contributed by atoms with E-state index in [4.69, 9.17) is 5.73 Å². The molecule has 106 valence electrons. The third-order valence-corrected chi connectivity index (χ3v) is 4.74. The summed E-state index contributed by atoms with van der Waals surface area (Å²) in [4.78, 5) is 0. The van der Waals surface area contributed by atoms with E-state index in [0.717, 1.165) is 12.8 Å². The van der Waals surface area contributed by atoms with Crippen molar-refractivity contribution in [2.24, 2.45) is 11.7 Å². The molecule has 2 rings (SSSR count). The van der Waals surface area contributed by atoms with Crippen LogP contribution in [0.3, 0.4) is 0 Å². The standard InChI is InChI=1S/C11H19N5O2S/c12-7-10-3-2-6-16(9-10)19(17,18)14-8-11-4-1-5-13-15-11/h1,4-5,10,14H,2-3,6-9,12H2. The van der Waals surface area contributed by atoms with Crippen molar-refractivity contribution in [2.45, 2.75) is 19.4 Å². The van der Waals surface area contributed by atoms with Crippen LogP contribution < -0.4 is 10.5 Å². The van der Waals surface area contributed by atoms with Gasteiger partial charge in [-0.3, -0.25) is 0 Å². The van der Waals surface area contributed by atoms with E-state index >= 15 is 0 Å². The first-order chi connectivity index (χ1) is 9.12. The molecule has 2 heterocycles. The van der Waals surface area contributed by atoms with Crippen molar-refractivity contribution < 1.29 is 8.42 Å². The van der Waals surface area contributed by atoms with Gasteiger partial charge in [0.25, 0.3) is 10.2 Å². The van der Waals surface area contributed by atoms with Crippen LogP contribution in [0.25, 0.3) is 0 Å². The third-order valence-electron chi connectivity index (χ3n) is 3.22. The largest absolute Gasteiger partial charge is 0.330 e. The average molecular weight is 285 g/mol. The fourth-order valence-corrected chi connectivity index (χ4v) is 3.41. The molecule has 1 fully saturated rings. The Balaban J connectivity index is 1.94. The Morgan fingerprint density at radius 1 is 1.53 bits per heavy atom. The lowest BCUT2D eigenvalue weighted by atomic mass is 10.0. The van der Waals surface area contributed by atoms with Crippen molar-refractivity contribution >= 4 is 10.2 Å². The molecule has 19 heavy (non-hydrogen) atoms. The minimum atomic E-state index is -3.46. The highest BCUT2D eigenvalue weighted by Crippen LogP contribution is 2.17. The number of hydrogen-bond donors (Lipinski definition) is 2. The summed E-state index contributed by atoms with van der Waals surface area (Å²) >= 11 is 0. The number of nitrogens with zero attached hydrogens (tertiary/aromatic N) is 3. The number of nitrogens with two attached hydrogens (primary N) is 1. The third kappa shape index (κ3) is 3.93. The fourth-order valence-electron chi connectivity index (χ4n) is 2.12. The van der Waals surface area contributed by atoms with E-state index < -0.39 is 10.2 Å². The molecule has 0 radical (unpaired) electrons. The van der Waals surface area contributed by atoms with Gasteiger partial charge < -0.3 is 5.73 Å². The molecule has 1 aromatic rings. The molecule has 7 nitrogen and oxygen atoms in total. The van der Waals surface area contributed by atoms with Crippen LogP contribution in [0.4, 0.5) is 0 Å². The number of hydrogen-bond acceptors (Lipinski definition) is 5. The van der Waals surface area contributed by atoms with E-state index in [0.29, 0.717) is 25.3 Å².